The Hall–Kier alpha value is -3.61. The smallest absolute Gasteiger partial charge is 0.361 e. The third kappa shape index (κ3) is 5.12. The number of piperidine rings is 1. The van der Waals surface area contributed by atoms with Gasteiger partial charge in [-0.25, -0.2) is 9.78 Å². The van der Waals surface area contributed by atoms with Crippen molar-refractivity contribution in [2.45, 2.75) is 26.2 Å². The average Bonchev–Trinajstić information content (AvgIpc) is 3.21. The first-order valence-electron chi connectivity index (χ1n) is 10.4. The minimum atomic E-state index is -0.695. The number of carbonyl (C=O) groups is 2. The highest BCUT2D eigenvalue weighted by Gasteiger charge is 2.20. The molecule has 160 valence electrons. The van der Waals surface area contributed by atoms with Crippen molar-refractivity contribution in [2.24, 2.45) is 0 Å². The predicted molar refractivity (Wildman–Crippen MR) is 118 cm³/mol. The Labute approximate surface area is 181 Å². The molecular weight excluding hydrogens is 394 g/mol. The summed E-state index contributed by atoms with van der Waals surface area (Å²) in [6, 6.07) is 17.0. The quantitative estimate of drug-likeness (QED) is 0.595. The van der Waals surface area contributed by atoms with Gasteiger partial charge in [0.05, 0.1) is 0 Å². The van der Waals surface area contributed by atoms with Gasteiger partial charge >= 0.3 is 5.97 Å². The highest BCUT2D eigenvalue weighted by atomic mass is 16.5. The SMILES string of the molecule is Cc1oc(-c2ccccc2)nc1C(=O)OCC(=O)Nc1ccc(N2CCCCC2)cc1. The lowest BCUT2D eigenvalue weighted by Gasteiger charge is -2.28. The molecule has 1 aliphatic heterocycles. The van der Waals surface area contributed by atoms with Gasteiger partial charge in [-0.2, -0.15) is 0 Å². The van der Waals surface area contributed by atoms with E-state index in [2.05, 4.69) is 15.2 Å². The van der Waals surface area contributed by atoms with Crippen LogP contribution in [0.4, 0.5) is 11.4 Å². The molecule has 1 N–H and O–H groups in total. The van der Waals surface area contributed by atoms with Crippen molar-refractivity contribution in [1.82, 2.24) is 4.98 Å². The van der Waals surface area contributed by atoms with Crippen LogP contribution >= 0.6 is 0 Å². The molecule has 2 aromatic carbocycles. The predicted octanol–water partition coefficient (Wildman–Crippen LogP) is 4.44. The molecular formula is C24H25N3O4. The second kappa shape index (κ2) is 9.47. The molecule has 7 nitrogen and oxygen atoms in total. The van der Waals surface area contributed by atoms with Gasteiger partial charge in [0.15, 0.2) is 12.3 Å². The van der Waals surface area contributed by atoms with Crippen LogP contribution in [0.3, 0.4) is 0 Å². The third-order valence-corrected chi connectivity index (χ3v) is 5.22. The van der Waals surface area contributed by atoms with Crippen LogP contribution in [0.5, 0.6) is 0 Å². The third-order valence-electron chi connectivity index (χ3n) is 5.22. The first kappa shape index (κ1) is 20.7. The van der Waals surface area contributed by atoms with E-state index in [-0.39, 0.29) is 5.69 Å². The Bertz CT molecular complexity index is 1040. The van der Waals surface area contributed by atoms with Crippen LogP contribution in [0, 0.1) is 6.92 Å². The number of oxazole rings is 1. The van der Waals surface area contributed by atoms with Gasteiger partial charge in [0.2, 0.25) is 5.89 Å². The second-order valence-corrected chi connectivity index (χ2v) is 7.51. The summed E-state index contributed by atoms with van der Waals surface area (Å²) in [6.45, 7) is 3.36. The lowest BCUT2D eigenvalue weighted by atomic mass is 10.1. The fourth-order valence-corrected chi connectivity index (χ4v) is 3.59. The number of benzene rings is 2. The van der Waals surface area contributed by atoms with Crippen LogP contribution in [-0.4, -0.2) is 36.6 Å². The molecule has 0 atom stereocenters. The molecule has 0 spiro atoms. The topological polar surface area (TPSA) is 84.7 Å². The molecule has 0 aliphatic carbocycles. The molecule has 1 amide bonds. The van der Waals surface area contributed by atoms with E-state index in [0.717, 1.165) is 24.3 Å². The number of ether oxygens (including phenoxy) is 1. The lowest BCUT2D eigenvalue weighted by Crippen LogP contribution is -2.29. The van der Waals surface area contributed by atoms with Gasteiger partial charge in [0.1, 0.15) is 5.76 Å². The monoisotopic (exact) mass is 419 g/mol. The van der Waals surface area contributed by atoms with Gasteiger partial charge in [0.25, 0.3) is 5.91 Å². The number of esters is 1. The summed E-state index contributed by atoms with van der Waals surface area (Å²) in [4.78, 5) is 31.1. The zero-order valence-corrected chi connectivity index (χ0v) is 17.5. The number of nitrogens with zero attached hydrogens (tertiary/aromatic N) is 2. The van der Waals surface area contributed by atoms with Gasteiger partial charge < -0.3 is 19.4 Å². The summed E-state index contributed by atoms with van der Waals surface area (Å²) in [5, 5.41) is 2.75. The molecule has 2 heterocycles. The first-order chi connectivity index (χ1) is 15.1. The maximum Gasteiger partial charge on any atom is 0.361 e. The molecule has 0 radical (unpaired) electrons. The Morgan fingerprint density at radius 2 is 1.74 bits per heavy atom. The van der Waals surface area contributed by atoms with E-state index in [1.165, 1.54) is 19.3 Å². The summed E-state index contributed by atoms with van der Waals surface area (Å²) in [7, 11) is 0. The molecule has 1 fully saturated rings. The molecule has 1 aliphatic rings. The number of rotatable bonds is 6. The van der Waals surface area contributed by atoms with E-state index >= 15 is 0 Å². The Morgan fingerprint density at radius 3 is 2.45 bits per heavy atom. The van der Waals surface area contributed by atoms with Crippen molar-refractivity contribution in [3.63, 3.8) is 0 Å². The zero-order chi connectivity index (χ0) is 21.6. The van der Waals surface area contributed by atoms with E-state index in [1.54, 1.807) is 6.92 Å². The summed E-state index contributed by atoms with van der Waals surface area (Å²) < 4.78 is 10.7. The van der Waals surface area contributed by atoms with Gasteiger partial charge in [-0.15, -0.1) is 0 Å². The van der Waals surface area contributed by atoms with Crippen LogP contribution in [0.2, 0.25) is 0 Å². The minimum Gasteiger partial charge on any atom is -0.451 e. The van der Waals surface area contributed by atoms with E-state index < -0.39 is 18.5 Å². The zero-order valence-electron chi connectivity index (χ0n) is 17.5. The Kier molecular flexibility index (Phi) is 6.31. The second-order valence-electron chi connectivity index (χ2n) is 7.51. The summed E-state index contributed by atoms with van der Waals surface area (Å²) >= 11 is 0. The number of hydrogen-bond donors (Lipinski definition) is 1. The Morgan fingerprint density at radius 1 is 1.03 bits per heavy atom. The molecule has 1 saturated heterocycles. The molecule has 31 heavy (non-hydrogen) atoms. The molecule has 0 unspecified atom stereocenters. The van der Waals surface area contributed by atoms with E-state index in [0.29, 0.717) is 17.3 Å². The maximum absolute atomic E-state index is 12.4. The molecule has 4 rings (SSSR count). The molecule has 7 heteroatoms. The van der Waals surface area contributed by atoms with Crippen molar-refractivity contribution < 1.29 is 18.7 Å². The van der Waals surface area contributed by atoms with Crippen molar-refractivity contribution in [3.05, 3.63) is 66.1 Å². The maximum atomic E-state index is 12.4. The fraction of sp³-hybridized carbons (Fsp3) is 0.292. The fourth-order valence-electron chi connectivity index (χ4n) is 3.59. The molecule has 1 aromatic heterocycles. The summed E-state index contributed by atoms with van der Waals surface area (Å²) in [5.41, 5.74) is 2.64. The first-order valence-corrected chi connectivity index (χ1v) is 10.4. The molecule has 0 bridgehead atoms. The van der Waals surface area contributed by atoms with Gasteiger partial charge in [0, 0.05) is 30.0 Å². The molecule has 0 saturated carbocycles. The summed E-state index contributed by atoms with van der Waals surface area (Å²) in [6.07, 6.45) is 3.70. The number of aromatic nitrogens is 1. The highest BCUT2D eigenvalue weighted by Crippen LogP contribution is 2.23. The number of hydrogen-bond acceptors (Lipinski definition) is 6. The summed E-state index contributed by atoms with van der Waals surface area (Å²) in [5.74, 6) is -0.427. The van der Waals surface area contributed by atoms with Crippen molar-refractivity contribution in [3.8, 4) is 11.5 Å². The van der Waals surface area contributed by atoms with Crippen molar-refractivity contribution >= 4 is 23.3 Å². The largest absolute Gasteiger partial charge is 0.451 e. The minimum absolute atomic E-state index is 0.0672. The van der Waals surface area contributed by atoms with Crippen LogP contribution in [0.15, 0.2) is 59.0 Å². The number of aryl methyl sites for hydroxylation is 1. The lowest BCUT2D eigenvalue weighted by molar-refractivity contribution is -0.119. The van der Waals surface area contributed by atoms with Crippen molar-refractivity contribution in [2.75, 3.05) is 29.9 Å². The average molecular weight is 419 g/mol. The van der Waals surface area contributed by atoms with E-state index in [1.807, 2.05) is 54.6 Å². The van der Waals surface area contributed by atoms with E-state index in [9.17, 15) is 9.59 Å². The van der Waals surface area contributed by atoms with Gasteiger partial charge in [-0.3, -0.25) is 4.79 Å². The van der Waals surface area contributed by atoms with Gasteiger partial charge in [-0.1, -0.05) is 18.2 Å². The Balaban J connectivity index is 1.30. The van der Waals surface area contributed by atoms with Gasteiger partial charge in [-0.05, 0) is 62.6 Å². The van der Waals surface area contributed by atoms with Crippen LogP contribution in [0.25, 0.3) is 11.5 Å². The number of carbonyl (C=O) groups excluding carboxylic acids is 2. The normalized spacial score (nSPS) is 13.6. The number of anilines is 2. The van der Waals surface area contributed by atoms with Crippen LogP contribution in [0.1, 0.15) is 35.5 Å². The number of amides is 1. The van der Waals surface area contributed by atoms with Crippen LogP contribution < -0.4 is 10.2 Å². The standard InChI is InChI=1S/C24H25N3O4/c1-17-22(26-23(31-17)18-8-4-2-5-9-18)24(29)30-16-21(28)25-19-10-12-20(13-11-19)27-14-6-3-7-15-27/h2,4-5,8-13H,3,6-7,14-16H2,1H3,(H,25,28). The number of nitrogens with one attached hydrogen (secondary N) is 1. The van der Waals surface area contributed by atoms with Crippen molar-refractivity contribution in [1.29, 1.82) is 0 Å². The highest BCUT2D eigenvalue weighted by molar-refractivity contribution is 5.95. The molecule has 3 aromatic rings. The van der Waals surface area contributed by atoms with E-state index in [4.69, 9.17) is 9.15 Å². The van der Waals surface area contributed by atoms with Crippen LogP contribution in [-0.2, 0) is 9.53 Å².